The van der Waals surface area contributed by atoms with Crippen LogP contribution >= 0.6 is 0 Å². The molecule has 3 rings (SSSR count). The average Bonchev–Trinajstić information content (AvgIpc) is 3.16. The fraction of sp³-hybridized carbons (Fsp3) is 0.417. The molecule has 6 nitrogen and oxygen atoms in total. The Morgan fingerprint density at radius 2 is 2.11 bits per heavy atom. The van der Waals surface area contributed by atoms with Crippen molar-refractivity contribution in [3.05, 3.63) is 30.1 Å². The van der Waals surface area contributed by atoms with Crippen LogP contribution in [0.3, 0.4) is 0 Å². The molecule has 1 fully saturated rings. The zero-order valence-electron chi connectivity index (χ0n) is 10.2. The number of anilines is 1. The first kappa shape index (κ1) is 11.0. The monoisotopic (exact) mass is 245 g/mol. The van der Waals surface area contributed by atoms with Gasteiger partial charge in [-0.3, -0.25) is 0 Å². The molecular weight excluding hydrogens is 230 g/mol. The SMILES string of the molecule is CNc1ccc(OCc2nnnn2C2CC2)cc1. The third kappa shape index (κ3) is 2.27. The fourth-order valence-corrected chi connectivity index (χ4v) is 1.78. The lowest BCUT2D eigenvalue weighted by Crippen LogP contribution is -2.07. The van der Waals surface area contributed by atoms with Crippen LogP contribution in [-0.4, -0.2) is 27.3 Å². The molecule has 0 bridgehead atoms. The van der Waals surface area contributed by atoms with Crippen LogP contribution in [0.5, 0.6) is 5.75 Å². The zero-order valence-corrected chi connectivity index (χ0v) is 10.2. The fourth-order valence-electron chi connectivity index (χ4n) is 1.78. The van der Waals surface area contributed by atoms with E-state index in [1.165, 1.54) is 0 Å². The predicted molar refractivity (Wildman–Crippen MR) is 66.4 cm³/mol. The zero-order chi connectivity index (χ0) is 12.4. The van der Waals surface area contributed by atoms with Gasteiger partial charge in [0.05, 0.1) is 6.04 Å². The molecule has 94 valence electrons. The van der Waals surface area contributed by atoms with E-state index in [1.807, 2.05) is 36.0 Å². The van der Waals surface area contributed by atoms with E-state index in [1.54, 1.807) is 0 Å². The Morgan fingerprint density at radius 3 is 2.78 bits per heavy atom. The molecule has 0 saturated heterocycles. The highest BCUT2D eigenvalue weighted by atomic mass is 16.5. The van der Waals surface area contributed by atoms with Gasteiger partial charge in [0.1, 0.15) is 12.4 Å². The smallest absolute Gasteiger partial charge is 0.189 e. The van der Waals surface area contributed by atoms with Gasteiger partial charge >= 0.3 is 0 Å². The number of ether oxygens (including phenoxy) is 1. The lowest BCUT2D eigenvalue weighted by Gasteiger charge is -2.07. The summed E-state index contributed by atoms with van der Waals surface area (Å²) in [5.41, 5.74) is 1.06. The second-order valence-corrected chi connectivity index (χ2v) is 4.33. The van der Waals surface area contributed by atoms with Crippen LogP contribution < -0.4 is 10.1 Å². The number of benzene rings is 1. The summed E-state index contributed by atoms with van der Waals surface area (Å²) in [4.78, 5) is 0. The first-order chi connectivity index (χ1) is 8.86. The first-order valence-corrected chi connectivity index (χ1v) is 6.04. The van der Waals surface area contributed by atoms with E-state index in [0.29, 0.717) is 12.6 Å². The minimum Gasteiger partial charge on any atom is -0.486 e. The average molecular weight is 245 g/mol. The van der Waals surface area contributed by atoms with E-state index < -0.39 is 0 Å². The molecule has 1 aliphatic rings. The molecule has 18 heavy (non-hydrogen) atoms. The van der Waals surface area contributed by atoms with Crippen molar-refractivity contribution in [2.24, 2.45) is 0 Å². The molecule has 1 N–H and O–H groups in total. The molecule has 0 unspecified atom stereocenters. The normalized spacial score (nSPS) is 14.5. The van der Waals surface area contributed by atoms with Gasteiger partial charge in [-0.15, -0.1) is 5.10 Å². The molecule has 0 atom stereocenters. The largest absolute Gasteiger partial charge is 0.486 e. The maximum Gasteiger partial charge on any atom is 0.189 e. The summed E-state index contributed by atoms with van der Waals surface area (Å²) in [6.45, 7) is 0.405. The molecule has 1 heterocycles. The van der Waals surface area contributed by atoms with Crippen LogP contribution in [0.4, 0.5) is 5.69 Å². The van der Waals surface area contributed by atoms with Crippen molar-refractivity contribution >= 4 is 5.69 Å². The van der Waals surface area contributed by atoms with Crippen molar-refractivity contribution in [3.8, 4) is 5.75 Å². The van der Waals surface area contributed by atoms with Gasteiger partial charge in [-0.2, -0.15) is 0 Å². The van der Waals surface area contributed by atoms with Crippen LogP contribution in [0.25, 0.3) is 0 Å². The molecule has 0 spiro atoms. The van der Waals surface area contributed by atoms with Gasteiger partial charge in [-0.25, -0.2) is 4.68 Å². The van der Waals surface area contributed by atoms with E-state index in [0.717, 1.165) is 30.1 Å². The summed E-state index contributed by atoms with van der Waals surface area (Å²) in [6.07, 6.45) is 2.32. The Bertz CT molecular complexity index is 518. The van der Waals surface area contributed by atoms with Crippen molar-refractivity contribution in [3.63, 3.8) is 0 Å². The highest BCUT2D eigenvalue weighted by molar-refractivity contribution is 5.45. The molecule has 2 aromatic rings. The maximum absolute atomic E-state index is 5.68. The van der Waals surface area contributed by atoms with Crippen molar-refractivity contribution in [1.29, 1.82) is 0 Å². The first-order valence-electron chi connectivity index (χ1n) is 6.04. The second-order valence-electron chi connectivity index (χ2n) is 4.33. The minimum atomic E-state index is 0.405. The quantitative estimate of drug-likeness (QED) is 0.867. The summed E-state index contributed by atoms with van der Waals surface area (Å²) in [5.74, 6) is 1.61. The third-order valence-electron chi connectivity index (χ3n) is 2.96. The summed E-state index contributed by atoms with van der Waals surface area (Å²) < 4.78 is 7.54. The Morgan fingerprint density at radius 1 is 1.33 bits per heavy atom. The Labute approximate surface area is 105 Å². The van der Waals surface area contributed by atoms with Crippen LogP contribution in [0.15, 0.2) is 24.3 Å². The molecule has 1 saturated carbocycles. The van der Waals surface area contributed by atoms with Crippen molar-refractivity contribution in [2.75, 3.05) is 12.4 Å². The van der Waals surface area contributed by atoms with Crippen LogP contribution in [0.1, 0.15) is 24.7 Å². The van der Waals surface area contributed by atoms with Crippen LogP contribution in [0.2, 0.25) is 0 Å². The number of aromatic nitrogens is 4. The number of hydrogen-bond acceptors (Lipinski definition) is 5. The van der Waals surface area contributed by atoms with Gasteiger partial charge in [-0.05, 0) is 47.5 Å². The highest BCUT2D eigenvalue weighted by Crippen LogP contribution is 2.34. The Kier molecular flexibility index (Phi) is 2.84. The molecule has 1 aromatic carbocycles. The van der Waals surface area contributed by atoms with E-state index in [-0.39, 0.29) is 0 Å². The number of rotatable bonds is 5. The summed E-state index contributed by atoms with van der Waals surface area (Å²) in [6, 6.07) is 8.28. The van der Waals surface area contributed by atoms with Crippen molar-refractivity contribution in [2.45, 2.75) is 25.5 Å². The van der Waals surface area contributed by atoms with E-state index in [2.05, 4.69) is 20.8 Å². The predicted octanol–water partition coefficient (Wildman–Crippen LogP) is 1.63. The molecular formula is C12H15N5O. The maximum atomic E-state index is 5.68. The highest BCUT2D eigenvalue weighted by Gasteiger charge is 2.27. The molecule has 1 aromatic heterocycles. The lowest BCUT2D eigenvalue weighted by molar-refractivity contribution is 0.286. The van der Waals surface area contributed by atoms with E-state index in [4.69, 9.17) is 4.74 Å². The standard InChI is InChI=1S/C12H15N5O/c1-13-9-2-6-11(7-3-9)18-8-12-14-15-16-17(12)10-4-5-10/h2-3,6-7,10,13H,4-5,8H2,1H3. The summed E-state index contributed by atoms with van der Waals surface area (Å²) >= 11 is 0. The number of nitrogens with zero attached hydrogens (tertiary/aromatic N) is 4. The summed E-state index contributed by atoms with van der Waals surface area (Å²) in [5, 5.41) is 14.7. The Balaban J connectivity index is 1.64. The molecule has 0 aliphatic heterocycles. The molecule has 0 amide bonds. The van der Waals surface area contributed by atoms with E-state index in [9.17, 15) is 0 Å². The Hall–Kier alpha value is -2.11. The topological polar surface area (TPSA) is 64.9 Å². The van der Waals surface area contributed by atoms with Crippen LogP contribution in [-0.2, 0) is 6.61 Å². The van der Waals surface area contributed by atoms with Gasteiger partial charge in [-0.1, -0.05) is 0 Å². The van der Waals surface area contributed by atoms with Gasteiger partial charge in [0, 0.05) is 12.7 Å². The lowest BCUT2D eigenvalue weighted by atomic mass is 10.3. The van der Waals surface area contributed by atoms with Gasteiger partial charge in [0.25, 0.3) is 0 Å². The van der Waals surface area contributed by atoms with Gasteiger partial charge in [0.15, 0.2) is 5.82 Å². The van der Waals surface area contributed by atoms with Crippen LogP contribution in [0, 0.1) is 0 Å². The number of nitrogens with one attached hydrogen (secondary N) is 1. The molecule has 1 aliphatic carbocycles. The van der Waals surface area contributed by atoms with Crippen molar-refractivity contribution in [1.82, 2.24) is 20.2 Å². The second kappa shape index (κ2) is 4.64. The molecule has 0 radical (unpaired) electrons. The molecule has 6 heteroatoms. The summed E-state index contributed by atoms with van der Waals surface area (Å²) in [7, 11) is 1.89. The minimum absolute atomic E-state index is 0.405. The number of tetrazole rings is 1. The number of hydrogen-bond donors (Lipinski definition) is 1. The van der Waals surface area contributed by atoms with E-state index >= 15 is 0 Å². The van der Waals surface area contributed by atoms with Gasteiger partial charge in [0.2, 0.25) is 0 Å². The third-order valence-corrected chi connectivity index (χ3v) is 2.96. The van der Waals surface area contributed by atoms with Crippen molar-refractivity contribution < 1.29 is 4.74 Å². The van der Waals surface area contributed by atoms with Gasteiger partial charge < -0.3 is 10.1 Å².